The van der Waals surface area contributed by atoms with Gasteiger partial charge in [0.15, 0.2) is 0 Å². The van der Waals surface area contributed by atoms with E-state index in [0.717, 1.165) is 21.3 Å². The third-order valence-electron chi connectivity index (χ3n) is 4.72. The summed E-state index contributed by atoms with van der Waals surface area (Å²) in [7, 11) is -0.110. The minimum absolute atomic E-state index is 0.0171. The number of benzene rings is 1. The van der Waals surface area contributed by atoms with Gasteiger partial charge in [0.25, 0.3) is 15.9 Å². The number of nitrogens with one attached hydrogen (secondary N) is 1. The van der Waals surface area contributed by atoms with Crippen molar-refractivity contribution in [3.05, 3.63) is 41.5 Å². The second-order valence-electron chi connectivity index (χ2n) is 7.40. The van der Waals surface area contributed by atoms with E-state index in [9.17, 15) is 23.1 Å². The Morgan fingerprint density at radius 3 is 2.31 bits per heavy atom. The summed E-state index contributed by atoms with van der Waals surface area (Å²) >= 11 is 0.942. The zero-order valence-corrected chi connectivity index (χ0v) is 18.2. The minimum atomic E-state index is -3.92. The number of hydrogen-bond acceptors (Lipinski definition) is 6. The van der Waals surface area contributed by atoms with Crippen LogP contribution in [0.3, 0.4) is 0 Å². The average Bonchev–Trinajstić information content (AvgIpc) is 3.12. The maximum atomic E-state index is 12.9. The molecule has 2 aromatic rings. The normalized spacial score (nSPS) is 16.4. The predicted octanol–water partition coefficient (Wildman–Crippen LogP) is 2.68. The lowest BCUT2D eigenvalue weighted by Crippen LogP contribution is -2.44. The Labute approximate surface area is 173 Å². The van der Waals surface area contributed by atoms with Crippen LogP contribution in [0.15, 0.2) is 34.5 Å². The number of fused-ring (bicyclic) bond motifs is 1. The number of hydrogen-bond donors (Lipinski definition) is 2. The van der Waals surface area contributed by atoms with Crippen LogP contribution in [0, 0.1) is 5.92 Å². The number of carboxylic acid groups (broad SMARTS) is 1. The number of rotatable bonds is 6. The molecule has 1 aromatic carbocycles. The largest absolute Gasteiger partial charge is 0.480 e. The summed E-state index contributed by atoms with van der Waals surface area (Å²) < 4.78 is 26.8. The van der Waals surface area contributed by atoms with Crippen LogP contribution in [0.25, 0.3) is 0 Å². The number of sulfonamides is 1. The van der Waals surface area contributed by atoms with Crippen molar-refractivity contribution in [3.8, 4) is 0 Å². The molecule has 0 saturated heterocycles. The van der Waals surface area contributed by atoms with Gasteiger partial charge in [-0.15, -0.1) is 11.3 Å². The fourth-order valence-corrected chi connectivity index (χ4v) is 6.63. The molecular formula is C19H23N3O5S2. The first kappa shape index (κ1) is 21.3. The number of nitrogens with zero attached hydrogens (tertiary/aromatic N) is 2. The summed E-state index contributed by atoms with van der Waals surface area (Å²) in [6.45, 7) is 3.33. The van der Waals surface area contributed by atoms with Crippen molar-refractivity contribution in [1.29, 1.82) is 0 Å². The molecule has 29 heavy (non-hydrogen) atoms. The van der Waals surface area contributed by atoms with E-state index in [-0.39, 0.29) is 22.6 Å². The highest BCUT2D eigenvalue weighted by Crippen LogP contribution is 2.41. The Hall–Kier alpha value is -2.43. The van der Waals surface area contributed by atoms with Gasteiger partial charge < -0.3 is 15.3 Å². The van der Waals surface area contributed by atoms with Crippen molar-refractivity contribution in [2.45, 2.75) is 30.6 Å². The van der Waals surface area contributed by atoms with Crippen LogP contribution >= 0.6 is 11.3 Å². The van der Waals surface area contributed by atoms with Crippen LogP contribution in [0.4, 0.5) is 10.7 Å². The molecule has 2 heterocycles. The van der Waals surface area contributed by atoms with E-state index in [0.29, 0.717) is 16.1 Å². The molecule has 0 saturated carbocycles. The second kappa shape index (κ2) is 7.77. The van der Waals surface area contributed by atoms with Crippen molar-refractivity contribution in [2.24, 2.45) is 5.92 Å². The Morgan fingerprint density at radius 1 is 1.21 bits per heavy atom. The molecule has 2 N–H and O–H groups in total. The molecule has 0 unspecified atom stereocenters. The first-order valence-corrected chi connectivity index (χ1v) is 11.2. The van der Waals surface area contributed by atoms with Crippen molar-refractivity contribution in [3.63, 3.8) is 0 Å². The molecular weight excluding hydrogens is 414 g/mol. The summed E-state index contributed by atoms with van der Waals surface area (Å²) in [4.78, 5) is 26.0. The lowest BCUT2D eigenvalue weighted by molar-refractivity contribution is -0.143. The van der Waals surface area contributed by atoms with Gasteiger partial charge in [-0.3, -0.25) is 9.59 Å². The topological polar surface area (TPSA) is 107 Å². The van der Waals surface area contributed by atoms with Gasteiger partial charge in [0, 0.05) is 37.5 Å². The lowest BCUT2D eigenvalue weighted by Gasteiger charge is -2.25. The summed E-state index contributed by atoms with van der Waals surface area (Å²) in [6.07, 6.45) is 0. The molecule has 1 aliphatic heterocycles. The molecule has 156 valence electrons. The number of aliphatic carboxylic acids is 1. The van der Waals surface area contributed by atoms with Gasteiger partial charge in [0.05, 0.1) is 5.00 Å². The summed E-state index contributed by atoms with van der Waals surface area (Å²) in [5.74, 6) is -1.89. The van der Waals surface area contributed by atoms with Crippen LogP contribution in [-0.4, -0.2) is 49.8 Å². The van der Waals surface area contributed by atoms with Gasteiger partial charge in [-0.25, -0.2) is 8.42 Å². The van der Waals surface area contributed by atoms with Crippen molar-refractivity contribution >= 4 is 43.9 Å². The van der Waals surface area contributed by atoms with Crippen molar-refractivity contribution in [1.82, 2.24) is 4.31 Å². The van der Waals surface area contributed by atoms with E-state index in [4.69, 9.17) is 0 Å². The minimum Gasteiger partial charge on any atom is -0.480 e. The van der Waals surface area contributed by atoms with Gasteiger partial charge in [0.1, 0.15) is 10.3 Å². The smallest absolute Gasteiger partial charge is 0.322 e. The standard InChI is InChI=1S/C19H23N3O5S2/c1-11(2)16(18(24)25)22-10-13-9-15(28-19(13)29(22,26)27)20-17(23)12-5-7-14(8-6-12)21(3)4/h5-9,11,16H,10H2,1-4H3,(H,20,23)(H,24,25)/t16-/m1/s1. The van der Waals surface area contributed by atoms with E-state index >= 15 is 0 Å². The Balaban J connectivity index is 1.80. The number of anilines is 2. The number of amides is 1. The molecule has 1 aromatic heterocycles. The molecule has 0 fully saturated rings. The molecule has 1 amide bonds. The summed E-state index contributed by atoms with van der Waals surface area (Å²) in [5, 5.41) is 12.6. The van der Waals surface area contributed by atoms with Crippen LogP contribution in [0.2, 0.25) is 0 Å². The van der Waals surface area contributed by atoms with Gasteiger partial charge in [0.2, 0.25) is 0 Å². The highest BCUT2D eigenvalue weighted by Gasteiger charge is 2.45. The Morgan fingerprint density at radius 2 is 1.83 bits per heavy atom. The van der Waals surface area contributed by atoms with E-state index in [2.05, 4.69) is 5.32 Å². The van der Waals surface area contributed by atoms with E-state index in [1.807, 2.05) is 31.1 Å². The quantitative estimate of drug-likeness (QED) is 0.720. The zero-order chi connectivity index (χ0) is 21.5. The number of carbonyl (C=O) groups is 2. The van der Waals surface area contributed by atoms with Crippen LogP contribution in [-0.2, 0) is 21.4 Å². The fraction of sp³-hybridized carbons (Fsp3) is 0.368. The third kappa shape index (κ3) is 4.00. The monoisotopic (exact) mass is 437 g/mol. The molecule has 3 rings (SSSR count). The van der Waals surface area contributed by atoms with Crippen LogP contribution < -0.4 is 10.2 Å². The van der Waals surface area contributed by atoms with E-state index in [1.165, 1.54) is 0 Å². The maximum Gasteiger partial charge on any atom is 0.322 e. The molecule has 0 spiro atoms. The van der Waals surface area contributed by atoms with Crippen molar-refractivity contribution in [2.75, 3.05) is 24.3 Å². The molecule has 0 bridgehead atoms. The second-order valence-corrected chi connectivity index (χ2v) is 10.5. The molecule has 10 heteroatoms. The van der Waals surface area contributed by atoms with Crippen molar-refractivity contribution < 1.29 is 23.1 Å². The zero-order valence-electron chi connectivity index (χ0n) is 16.5. The predicted molar refractivity (Wildman–Crippen MR) is 112 cm³/mol. The number of carbonyl (C=O) groups excluding carboxylic acids is 1. The summed E-state index contributed by atoms with van der Waals surface area (Å²) in [5.41, 5.74) is 1.92. The molecule has 0 radical (unpaired) electrons. The van der Waals surface area contributed by atoms with Gasteiger partial charge in [-0.05, 0) is 36.2 Å². The first-order valence-electron chi connectivity index (χ1n) is 8.98. The third-order valence-corrected chi connectivity index (χ3v) is 8.19. The molecule has 8 nitrogen and oxygen atoms in total. The van der Waals surface area contributed by atoms with E-state index in [1.54, 1.807) is 32.0 Å². The molecule has 1 atom stereocenters. The summed E-state index contributed by atoms with van der Waals surface area (Å²) in [6, 6.07) is 7.51. The fourth-order valence-electron chi connectivity index (χ4n) is 3.25. The molecule has 0 aliphatic carbocycles. The number of carboxylic acids is 1. The van der Waals surface area contributed by atoms with Gasteiger partial charge >= 0.3 is 5.97 Å². The Kier molecular flexibility index (Phi) is 5.70. The maximum absolute atomic E-state index is 12.9. The Bertz CT molecular complexity index is 1040. The van der Waals surface area contributed by atoms with Crippen LogP contribution in [0.5, 0.6) is 0 Å². The molecule has 1 aliphatic rings. The SMILES string of the molecule is CC(C)[C@H](C(=O)O)N1Cc2cc(NC(=O)c3ccc(N(C)C)cc3)sc2S1(=O)=O. The van der Waals surface area contributed by atoms with E-state index < -0.39 is 22.0 Å². The lowest BCUT2D eigenvalue weighted by atomic mass is 10.0. The van der Waals surface area contributed by atoms with Gasteiger partial charge in [-0.2, -0.15) is 4.31 Å². The average molecular weight is 438 g/mol. The number of thiophene rings is 1. The van der Waals surface area contributed by atoms with Crippen LogP contribution in [0.1, 0.15) is 29.8 Å². The first-order chi connectivity index (χ1) is 13.5. The highest BCUT2D eigenvalue weighted by atomic mass is 32.2. The highest BCUT2D eigenvalue weighted by molar-refractivity contribution is 7.91. The van der Waals surface area contributed by atoms with Gasteiger partial charge in [-0.1, -0.05) is 13.8 Å².